The van der Waals surface area contributed by atoms with Gasteiger partial charge in [0.15, 0.2) is 17.3 Å². The van der Waals surface area contributed by atoms with Gasteiger partial charge in [-0.1, -0.05) is 19.3 Å². The molecule has 116 valence electrons. The SMILES string of the molecule is Cc1nc(C(=O)NC2CCCCC2)c(-c2ccc(O)cc2)o1. The van der Waals surface area contributed by atoms with Gasteiger partial charge in [-0.3, -0.25) is 4.79 Å². The zero-order valence-corrected chi connectivity index (χ0v) is 12.6. The van der Waals surface area contributed by atoms with Gasteiger partial charge in [-0.15, -0.1) is 0 Å². The van der Waals surface area contributed by atoms with Crippen LogP contribution in [0.4, 0.5) is 0 Å². The first-order chi connectivity index (χ1) is 10.6. The third kappa shape index (κ3) is 3.13. The number of carbonyl (C=O) groups excluding carboxylic acids is 1. The first-order valence-electron chi connectivity index (χ1n) is 7.71. The van der Waals surface area contributed by atoms with E-state index in [9.17, 15) is 9.90 Å². The molecule has 1 saturated carbocycles. The lowest BCUT2D eigenvalue weighted by Crippen LogP contribution is -2.36. The Balaban J connectivity index is 1.83. The molecule has 0 saturated heterocycles. The summed E-state index contributed by atoms with van der Waals surface area (Å²) >= 11 is 0. The minimum Gasteiger partial charge on any atom is -0.508 e. The second-order valence-corrected chi connectivity index (χ2v) is 5.77. The number of hydrogen-bond donors (Lipinski definition) is 2. The van der Waals surface area contributed by atoms with Gasteiger partial charge in [0.1, 0.15) is 5.75 Å². The number of aromatic hydroxyl groups is 1. The van der Waals surface area contributed by atoms with Crippen LogP contribution in [0.3, 0.4) is 0 Å². The molecule has 2 N–H and O–H groups in total. The second-order valence-electron chi connectivity index (χ2n) is 5.77. The number of oxazole rings is 1. The summed E-state index contributed by atoms with van der Waals surface area (Å²) in [6, 6.07) is 6.79. The summed E-state index contributed by atoms with van der Waals surface area (Å²) in [4.78, 5) is 16.7. The molecule has 0 spiro atoms. The van der Waals surface area contributed by atoms with Crippen LogP contribution in [-0.4, -0.2) is 22.0 Å². The first kappa shape index (κ1) is 14.6. The minimum atomic E-state index is -0.188. The summed E-state index contributed by atoms with van der Waals surface area (Å²) in [5, 5.41) is 12.4. The number of nitrogens with zero attached hydrogens (tertiary/aromatic N) is 1. The molecule has 0 unspecified atom stereocenters. The first-order valence-corrected chi connectivity index (χ1v) is 7.71. The van der Waals surface area contributed by atoms with E-state index in [1.165, 1.54) is 6.42 Å². The number of nitrogens with one attached hydrogen (secondary N) is 1. The molecular weight excluding hydrogens is 280 g/mol. The van der Waals surface area contributed by atoms with Crippen LogP contribution in [0.5, 0.6) is 5.75 Å². The highest BCUT2D eigenvalue weighted by Crippen LogP contribution is 2.27. The molecular formula is C17H20N2O3. The average Bonchev–Trinajstić information content (AvgIpc) is 2.91. The second kappa shape index (κ2) is 6.22. The van der Waals surface area contributed by atoms with E-state index in [-0.39, 0.29) is 17.7 Å². The fourth-order valence-corrected chi connectivity index (χ4v) is 2.89. The average molecular weight is 300 g/mol. The molecule has 5 heteroatoms. The van der Waals surface area contributed by atoms with Crippen LogP contribution in [0.25, 0.3) is 11.3 Å². The summed E-state index contributed by atoms with van der Waals surface area (Å²) in [6.45, 7) is 1.72. The van der Waals surface area contributed by atoms with E-state index in [2.05, 4.69) is 10.3 Å². The number of amides is 1. The van der Waals surface area contributed by atoms with Crippen LogP contribution >= 0.6 is 0 Å². The molecule has 0 radical (unpaired) electrons. The maximum absolute atomic E-state index is 12.5. The Hall–Kier alpha value is -2.30. The molecule has 3 rings (SSSR count). The van der Waals surface area contributed by atoms with Crippen molar-refractivity contribution in [1.82, 2.24) is 10.3 Å². The number of aryl methyl sites for hydroxylation is 1. The Kier molecular flexibility index (Phi) is 4.13. The summed E-state index contributed by atoms with van der Waals surface area (Å²) in [5.74, 6) is 0.891. The van der Waals surface area contributed by atoms with E-state index in [1.807, 2.05) is 0 Å². The number of rotatable bonds is 3. The smallest absolute Gasteiger partial charge is 0.274 e. The Morgan fingerprint density at radius 1 is 1.23 bits per heavy atom. The predicted octanol–water partition coefficient (Wildman–Crippen LogP) is 3.42. The molecule has 1 aromatic carbocycles. The van der Waals surface area contributed by atoms with E-state index < -0.39 is 0 Å². The number of phenols is 1. The van der Waals surface area contributed by atoms with Crippen molar-refractivity contribution in [2.45, 2.75) is 45.1 Å². The van der Waals surface area contributed by atoms with Gasteiger partial charge in [0.2, 0.25) is 0 Å². The van der Waals surface area contributed by atoms with Crippen molar-refractivity contribution in [1.29, 1.82) is 0 Å². The molecule has 1 aliphatic rings. The largest absolute Gasteiger partial charge is 0.508 e. The summed E-state index contributed by atoms with van der Waals surface area (Å²) in [6.07, 6.45) is 5.61. The molecule has 0 bridgehead atoms. The lowest BCUT2D eigenvalue weighted by molar-refractivity contribution is 0.0923. The standard InChI is InChI=1S/C17H20N2O3/c1-11-18-15(17(21)19-13-5-3-2-4-6-13)16(22-11)12-7-9-14(20)10-8-12/h7-10,13,20H,2-6H2,1H3,(H,19,21). The third-order valence-corrected chi connectivity index (χ3v) is 4.02. The minimum absolute atomic E-state index is 0.174. The zero-order chi connectivity index (χ0) is 15.5. The van der Waals surface area contributed by atoms with Crippen LogP contribution in [0.2, 0.25) is 0 Å². The Morgan fingerprint density at radius 2 is 1.91 bits per heavy atom. The summed E-state index contributed by atoms with van der Waals surface area (Å²) < 4.78 is 5.60. The van der Waals surface area contributed by atoms with Gasteiger partial charge in [0.25, 0.3) is 5.91 Å². The highest BCUT2D eigenvalue weighted by atomic mass is 16.4. The van der Waals surface area contributed by atoms with Gasteiger partial charge in [-0.05, 0) is 37.1 Å². The van der Waals surface area contributed by atoms with Crippen LogP contribution in [0, 0.1) is 6.92 Å². The lowest BCUT2D eigenvalue weighted by Gasteiger charge is -2.22. The van der Waals surface area contributed by atoms with Crippen molar-refractivity contribution < 1.29 is 14.3 Å². The lowest BCUT2D eigenvalue weighted by atomic mass is 9.95. The van der Waals surface area contributed by atoms with Gasteiger partial charge >= 0.3 is 0 Å². The molecule has 2 aromatic rings. The molecule has 0 aliphatic heterocycles. The molecule has 0 atom stereocenters. The van der Waals surface area contributed by atoms with E-state index in [4.69, 9.17) is 4.42 Å². The Morgan fingerprint density at radius 3 is 2.59 bits per heavy atom. The van der Waals surface area contributed by atoms with Crippen LogP contribution < -0.4 is 5.32 Å². The monoisotopic (exact) mass is 300 g/mol. The molecule has 1 aliphatic carbocycles. The van der Waals surface area contributed by atoms with Crippen LogP contribution in [0.1, 0.15) is 48.5 Å². The Labute approximate surface area is 129 Å². The van der Waals surface area contributed by atoms with Crippen molar-refractivity contribution >= 4 is 5.91 Å². The molecule has 1 heterocycles. The van der Waals surface area contributed by atoms with E-state index in [0.29, 0.717) is 17.3 Å². The van der Waals surface area contributed by atoms with Crippen LogP contribution in [0.15, 0.2) is 28.7 Å². The zero-order valence-electron chi connectivity index (χ0n) is 12.6. The van der Waals surface area contributed by atoms with Crippen molar-refractivity contribution in [2.75, 3.05) is 0 Å². The molecule has 1 amide bonds. The fourth-order valence-electron chi connectivity index (χ4n) is 2.89. The van der Waals surface area contributed by atoms with Crippen molar-refractivity contribution in [3.05, 3.63) is 35.9 Å². The number of benzene rings is 1. The van der Waals surface area contributed by atoms with Gasteiger partial charge < -0.3 is 14.8 Å². The fraction of sp³-hybridized carbons (Fsp3) is 0.412. The van der Waals surface area contributed by atoms with Gasteiger partial charge in [0.05, 0.1) is 0 Å². The summed E-state index contributed by atoms with van der Waals surface area (Å²) in [7, 11) is 0. The van der Waals surface area contributed by atoms with Crippen molar-refractivity contribution in [3.8, 4) is 17.1 Å². The normalized spacial score (nSPS) is 15.7. The van der Waals surface area contributed by atoms with E-state index in [0.717, 1.165) is 31.2 Å². The maximum atomic E-state index is 12.5. The van der Waals surface area contributed by atoms with Crippen LogP contribution in [-0.2, 0) is 0 Å². The van der Waals surface area contributed by atoms with E-state index >= 15 is 0 Å². The number of phenolic OH excluding ortho intramolecular Hbond substituents is 1. The summed E-state index contributed by atoms with van der Waals surface area (Å²) in [5.41, 5.74) is 1.04. The van der Waals surface area contributed by atoms with Crippen molar-refractivity contribution in [3.63, 3.8) is 0 Å². The number of hydrogen-bond acceptors (Lipinski definition) is 4. The molecule has 1 aromatic heterocycles. The quantitative estimate of drug-likeness (QED) is 0.910. The molecule has 22 heavy (non-hydrogen) atoms. The van der Waals surface area contributed by atoms with E-state index in [1.54, 1.807) is 31.2 Å². The van der Waals surface area contributed by atoms with Gasteiger partial charge in [-0.25, -0.2) is 4.98 Å². The highest BCUT2D eigenvalue weighted by molar-refractivity contribution is 5.97. The number of aromatic nitrogens is 1. The predicted molar refractivity (Wildman–Crippen MR) is 82.7 cm³/mol. The highest BCUT2D eigenvalue weighted by Gasteiger charge is 2.23. The number of carbonyl (C=O) groups is 1. The third-order valence-electron chi connectivity index (χ3n) is 4.02. The van der Waals surface area contributed by atoms with Crippen molar-refractivity contribution in [2.24, 2.45) is 0 Å². The molecule has 5 nitrogen and oxygen atoms in total. The van der Waals surface area contributed by atoms with Gasteiger partial charge in [0, 0.05) is 18.5 Å². The Bertz CT molecular complexity index is 655. The molecule has 1 fully saturated rings. The maximum Gasteiger partial charge on any atom is 0.274 e. The van der Waals surface area contributed by atoms with Gasteiger partial charge in [-0.2, -0.15) is 0 Å². The topological polar surface area (TPSA) is 75.4 Å².